The molecule has 0 amide bonds. The van der Waals surface area contributed by atoms with E-state index in [9.17, 15) is 19.5 Å². The molecule has 0 aliphatic rings. The molecule has 0 unspecified atom stereocenters. The molecule has 4 rings (SSSR count). The maximum absolute atomic E-state index is 12.0. The van der Waals surface area contributed by atoms with E-state index in [-0.39, 0.29) is 17.8 Å². The Balaban J connectivity index is 1.44. The Morgan fingerprint density at radius 1 is 0.967 bits per heavy atom. The number of H-pyrrole nitrogens is 1. The van der Waals surface area contributed by atoms with Crippen molar-refractivity contribution in [3.05, 3.63) is 92.4 Å². The normalized spacial score (nSPS) is 12.1. The van der Waals surface area contributed by atoms with E-state index in [1.165, 1.54) is 0 Å². The smallest absolute Gasteiger partial charge is 0.326 e. The van der Waals surface area contributed by atoms with Crippen LogP contribution in [0.4, 0.5) is 11.4 Å². The molecule has 7 nitrogen and oxygen atoms in total. The number of anilines is 2. The number of hydrogen-bond acceptors (Lipinski definition) is 5. The van der Waals surface area contributed by atoms with Crippen LogP contribution in [0.15, 0.2) is 70.4 Å². The summed E-state index contributed by atoms with van der Waals surface area (Å²) in [5, 5.41) is 16.4. The van der Waals surface area contributed by atoms with E-state index in [0.717, 1.165) is 22.0 Å². The molecule has 0 saturated heterocycles. The fourth-order valence-corrected chi connectivity index (χ4v) is 3.58. The summed E-state index contributed by atoms with van der Waals surface area (Å²) in [7, 11) is 0. The van der Waals surface area contributed by atoms with Crippen molar-refractivity contribution < 1.29 is 9.90 Å². The highest BCUT2D eigenvalue weighted by molar-refractivity contribution is 5.84. The molecule has 4 N–H and O–H groups in total. The van der Waals surface area contributed by atoms with E-state index in [1.807, 2.05) is 60.8 Å². The molecular weight excluding hydrogens is 382 g/mol. The highest BCUT2D eigenvalue weighted by atomic mass is 16.4. The molecular formula is C23H21N3O4. The Labute approximate surface area is 172 Å². The van der Waals surface area contributed by atoms with Crippen LogP contribution in [0.2, 0.25) is 0 Å². The minimum absolute atomic E-state index is 0.0438. The van der Waals surface area contributed by atoms with Crippen molar-refractivity contribution >= 4 is 28.2 Å². The van der Waals surface area contributed by atoms with Crippen molar-refractivity contribution in [2.75, 3.05) is 17.2 Å². The monoisotopic (exact) mass is 403 g/mol. The van der Waals surface area contributed by atoms with E-state index in [1.54, 1.807) is 0 Å². The summed E-state index contributed by atoms with van der Waals surface area (Å²) >= 11 is 0. The summed E-state index contributed by atoms with van der Waals surface area (Å²) in [6.07, 6.45) is 2.77. The number of carbonyl (C=O) groups is 1. The maximum Gasteiger partial charge on any atom is 0.326 e. The number of aliphatic carboxylic acids is 1. The molecule has 0 saturated carbocycles. The van der Waals surface area contributed by atoms with E-state index in [0.29, 0.717) is 13.0 Å². The molecule has 0 aliphatic heterocycles. The zero-order chi connectivity index (χ0) is 21.1. The Morgan fingerprint density at radius 3 is 2.43 bits per heavy atom. The number of fused-ring (bicyclic) bond motifs is 1. The highest BCUT2D eigenvalue weighted by Crippen LogP contribution is 2.20. The number of nitrogens with one attached hydrogen (secondary N) is 3. The first kappa shape index (κ1) is 19.4. The van der Waals surface area contributed by atoms with Crippen LogP contribution in [0.1, 0.15) is 11.1 Å². The SMILES string of the molecule is O=C(O)[C@H](Cc1ccccc1)Nc1c(NCCc2c[nH]c3ccccc23)c(=O)c1=O. The predicted octanol–water partition coefficient (Wildman–Crippen LogP) is 2.53. The number of para-hydroxylation sites is 1. The lowest BCUT2D eigenvalue weighted by Crippen LogP contribution is -2.42. The number of aromatic amines is 1. The summed E-state index contributed by atoms with van der Waals surface area (Å²) in [6, 6.07) is 16.0. The third-order valence-electron chi connectivity index (χ3n) is 5.18. The zero-order valence-electron chi connectivity index (χ0n) is 16.1. The van der Waals surface area contributed by atoms with Crippen LogP contribution in [0.25, 0.3) is 10.9 Å². The molecule has 1 aromatic heterocycles. The number of benzene rings is 2. The van der Waals surface area contributed by atoms with Crippen molar-refractivity contribution in [2.24, 2.45) is 0 Å². The second-order valence-electron chi connectivity index (χ2n) is 7.17. The average Bonchev–Trinajstić information content (AvgIpc) is 3.18. The summed E-state index contributed by atoms with van der Waals surface area (Å²) < 4.78 is 0. The molecule has 0 bridgehead atoms. The maximum atomic E-state index is 12.0. The summed E-state index contributed by atoms with van der Waals surface area (Å²) in [6.45, 7) is 0.442. The van der Waals surface area contributed by atoms with E-state index in [2.05, 4.69) is 15.6 Å². The lowest BCUT2D eigenvalue weighted by Gasteiger charge is -2.20. The minimum atomic E-state index is -1.09. The molecule has 0 aliphatic carbocycles. The molecule has 1 heterocycles. The fraction of sp³-hybridized carbons (Fsp3) is 0.174. The van der Waals surface area contributed by atoms with Gasteiger partial charge >= 0.3 is 5.97 Å². The molecule has 1 atom stereocenters. The number of rotatable bonds is 9. The van der Waals surface area contributed by atoms with Gasteiger partial charge in [0, 0.05) is 30.1 Å². The predicted molar refractivity (Wildman–Crippen MR) is 117 cm³/mol. The standard InChI is InChI=1S/C23H21N3O4/c27-21-19(24-11-10-15-13-25-17-9-5-4-8-16(15)17)20(22(21)28)26-18(23(29)30)12-14-6-2-1-3-7-14/h1-9,13,18,24-26H,10-12H2,(H,29,30)/t18-/m0/s1. The van der Waals surface area contributed by atoms with E-state index < -0.39 is 22.9 Å². The summed E-state index contributed by atoms with van der Waals surface area (Å²) in [5.41, 5.74) is 1.84. The van der Waals surface area contributed by atoms with Crippen LogP contribution in [0.5, 0.6) is 0 Å². The molecule has 0 spiro atoms. The van der Waals surface area contributed by atoms with Gasteiger partial charge in [-0.15, -0.1) is 0 Å². The van der Waals surface area contributed by atoms with E-state index in [4.69, 9.17) is 0 Å². The van der Waals surface area contributed by atoms with Crippen LogP contribution in [0, 0.1) is 0 Å². The van der Waals surface area contributed by atoms with Crippen LogP contribution in [-0.4, -0.2) is 28.6 Å². The van der Waals surface area contributed by atoms with Gasteiger partial charge in [-0.05, 0) is 23.6 Å². The molecule has 30 heavy (non-hydrogen) atoms. The number of hydrogen-bond donors (Lipinski definition) is 4. The Bertz CT molecular complexity index is 1250. The number of aromatic nitrogens is 1. The zero-order valence-corrected chi connectivity index (χ0v) is 16.1. The Kier molecular flexibility index (Phi) is 5.34. The summed E-state index contributed by atoms with van der Waals surface area (Å²) in [4.78, 5) is 38.9. The van der Waals surface area contributed by atoms with Gasteiger partial charge < -0.3 is 20.7 Å². The van der Waals surface area contributed by atoms with Crippen LogP contribution < -0.4 is 21.5 Å². The van der Waals surface area contributed by atoms with Gasteiger partial charge in [-0.25, -0.2) is 4.79 Å². The van der Waals surface area contributed by atoms with Gasteiger partial charge in [0.05, 0.1) is 0 Å². The van der Waals surface area contributed by atoms with Crippen molar-refractivity contribution in [1.29, 1.82) is 0 Å². The quantitative estimate of drug-likeness (QED) is 0.320. The van der Waals surface area contributed by atoms with Crippen molar-refractivity contribution in [2.45, 2.75) is 18.9 Å². The van der Waals surface area contributed by atoms with Crippen LogP contribution >= 0.6 is 0 Å². The summed E-state index contributed by atoms with van der Waals surface area (Å²) in [5.74, 6) is -1.09. The number of carboxylic acids is 1. The first-order chi connectivity index (χ1) is 14.5. The van der Waals surface area contributed by atoms with Crippen LogP contribution in [0.3, 0.4) is 0 Å². The fourth-order valence-electron chi connectivity index (χ4n) is 3.58. The Morgan fingerprint density at radius 2 is 1.67 bits per heavy atom. The second kappa shape index (κ2) is 8.24. The van der Waals surface area contributed by atoms with Crippen LogP contribution in [-0.2, 0) is 17.6 Å². The lowest BCUT2D eigenvalue weighted by atomic mass is 10.0. The van der Waals surface area contributed by atoms with Gasteiger partial charge in [0.25, 0.3) is 10.9 Å². The topological polar surface area (TPSA) is 111 Å². The average molecular weight is 403 g/mol. The molecule has 7 heteroatoms. The van der Waals surface area contributed by atoms with E-state index >= 15 is 0 Å². The van der Waals surface area contributed by atoms with Gasteiger partial charge in [-0.1, -0.05) is 48.5 Å². The first-order valence-corrected chi connectivity index (χ1v) is 9.70. The second-order valence-corrected chi connectivity index (χ2v) is 7.17. The third kappa shape index (κ3) is 3.82. The van der Waals surface area contributed by atoms with Crippen molar-refractivity contribution in [3.63, 3.8) is 0 Å². The number of carboxylic acid groups (broad SMARTS) is 1. The largest absolute Gasteiger partial charge is 0.480 e. The minimum Gasteiger partial charge on any atom is -0.480 e. The van der Waals surface area contributed by atoms with Crippen molar-refractivity contribution in [3.8, 4) is 0 Å². The lowest BCUT2D eigenvalue weighted by molar-refractivity contribution is -0.137. The van der Waals surface area contributed by atoms with Gasteiger partial charge in [-0.2, -0.15) is 0 Å². The molecule has 4 aromatic rings. The van der Waals surface area contributed by atoms with Gasteiger partial charge in [0.15, 0.2) is 0 Å². The molecule has 0 fully saturated rings. The third-order valence-corrected chi connectivity index (χ3v) is 5.18. The van der Waals surface area contributed by atoms with Gasteiger partial charge in [-0.3, -0.25) is 9.59 Å². The molecule has 152 valence electrons. The molecule has 0 radical (unpaired) electrons. The first-order valence-electron chi connectivity index (χ1n) is 9.70. The van der Waals surface area contributed by atoms with Crippen molar-refractivity contribution in [1.82, 2.24) is 4.98 Å². The molecule has 3 aromatic carbocycles. The van der Waals surface area contributed by atoms with Gasteiger partial charge in [0.1, 0.15) is 17.4 Å². The Hall–Kier alpha value is -3.87. The highest BCUT2D eigenvalue weighted by Gasteiger charge is 2.26. The van der Waals surface area contributed by atoms with Gasteiger partial charge in [0.2, 0.25) is 0 Å².